The topological polar surface area (TPSA) is 63.6 Å². The molecule has 23 heavy (non-hydrogen) atoms. The van der Waals surface area contributed by atoms with Gasteiger partial charge < -0.3 is 9.84 Å². The molecule has 0 aliphatic carbocycles. The van der Waals surface area contributed by atoms with Crippen LogP contribution in [0.2, 0.25) is 0 Å². The lowest BCUT2D eigenvalue weighted by Gasteiger charge is -2.17. The zero-order valence-corrected chi connectivity index (χ0v) is 12.3. The lowest BCUT2D eigenvalue weighted by Crippen LogP contribution is -2.18. The largest absolute Gasteiger partial charge is 0.481 e. The van der Waals surface area contributed by atoms with Gasteiger partial charge in [-0.05, 0) is 31.9 Å². The van der Waals surface area contributed by atoms with Gasteiger partial charge in [0.25, 0.3) is 0 Å². The Labute approximate surface area is 130 Å². The summed E-state index contributed by atoms with van der Waals surface area (Å²) in [5.74, 6) is -4.19. The Morgan fingerprint density at radius 1 is 1.30 bits per heavy atom. The number of carbonyl (C=O) groups excluding carboxylic acids is 1. The molecule has 0 spiro atoms. The quantitative estimate of drug-likeness (QED) is 0.608. The van der Waals surface area contributed by atoms with Crippen molar-refractivity contribution in [2.75, 3.05) is 6.61 Å². The van der Waals surface area contributed by atoms with Crippen LogP contribution in [0.5, 0.6) is 0 Å². The minimum atomic E-state index is -4.69. The van der Waals surface area contributed by atoms with Crippen molar-refractivity contribution in [1.82, 2.24) is 0 Å². The fourth-order valence-corrected chi connectivity index (χ4v) is 2.09. The Kier molecular flexibility index (Phi) is 6.53. The van der Waals surface area contributed by atoms with Crippen LogP contribution in [0.3, 0.4) is 0 Å². The molecule has 1 rings (SSSR count). The van der Waals surface area contributed by atoms with E-state index in [2.05, 4.69) is 0 Å². The zero-order chi connectivity index (χ0) is 17.6. The number of esters is 1. The SMILES string of the molecule is CCOC(=O)C(CCCC(=O)O)c1ccc(C(F)(F)F)cc1F. The van der Waals surface area contributed by atoms with E-state index < -0.39 is 35.4 Å². The minimum absolute atomic E-state index is 0.0243. The van der Waals surface area contributed by atoms with Gasteiger partial charge in [-0.2, -0.15) is 13.2 Å². The van der Waals surface area contributed by atoms with Gasteiger partial charge in [0.15, 0.2) is 0 Å². The Balaban J connectivity index is 3.05. The summed E-state index contributed by atoms with van der Waals surface area (Å²) in [6.07, 6.45) is -4.90. The molecule has 0 saturated heterocycles. The van der Waals surface area contributed by atoms with Crippen LogP contribution in [0.25, 0.3) is 0 Å². The first-order valence-corrected chi connectivity index (χ1v) is 6.91. The van der Waals surface area contributed by atoms with Gasteiger partial charge in [0.1, 0.15) is 5.82 Å². The van der Waals surface area contributed by atoms with Gasteiger partial charge in [0, 0.05) is 12.0 Å². The smallest absolute Gasteiger partial charge is 0.416 e. The van der Waals surface area contributed by atoms with Crippen LogP contribution >= 0.6 is 0 Å². The van der Waals surface area contributed by atoms with Crippen LogP contribution in [0.1, 0.15) is 43.2 Å². The monoisotopic (exact) mass is 336 g/mol. The number of halogens is 4. The third-order valence-electron chi connectivity index (χ3n) is 3.16. The minimum Gasteiger partial charge on any atom is -0.481 e. The Hall–Kier alpha value is -2.12. The van der Waals surface area contributed by atoms with Gasteiger partial charge >= 0.3 is 18.1 Å². The number of alkyl halides is 3. The third-order valence-corrected chi connectivity index (χ3v) is 3.16. The number of carboxylic acid groups (broad SMARTS) is 1. The van der Waals surface area contributed by atoms with Crippen molar-refractivity contribution in [1.29, 1.82) is 0 Å². The normalized spacial score (nSPS) is 12.7. The lowest BCUT2D eigenvalue weighted by atomic mass is 9.92. The number of hydrogen-bond acceptors (Lipinski definition) is 3. The average molecular weight is 336 g/mol. The van der Waals surface area contributed by atoms with Gasteiger partial charge in [-0.3, -0.25) is 9.59 Å². The first kappa shape index (κ1) is 18.9. The van der Waals surface area contributed by atoms with E-state index in [9.17, 15) is 27.2 Å². The zero-order valence-electron chi connectivity index (χ0n) is 12.3. The van der Waals surface area contributed by atoms with Gasteiger partial charge in [-0.25, -0.2) is 4.39 Å². The molecule has 0 aliphatic heterocycles. The standard InChI is InChI=1S/C15H16F4O4/c1-2-23-14(22)11(4-3-5-13(20)21)10-7-6-9(8-12(10)16)15(17,18)19/h6-8,11H,2-5H2,1H3,(H,20,21). The van der Waals surface area contributed by atoms with E-state index in [4.69, 9.17) is 9.84 Å². The molecule has 0 fully saturated rings. The molecule has 0 radical (unpaired) electrons. The van der Waals surface area contributed by atoms with Gasteiger partial charge in [-0.1, -0.05) is 6.07 Å². The van der Waals surface area contributed by atoms with Crippen LogP contribution in [-0.2, 0) is 20.5 Å². The molecule has 0 aliphatic rings. The molecule has 1 unspecified atom stereocenters. The average Bonchev–Trinajstić information content (AvgIpc) is 2.43. The summed E-state index contributed by atoms with van der Waals surface area (Å²) >= 11 is 0. The van der Waals surface area contributed by atoms with E-state index in [-0.39, 0.29) is 31.4 Å². The predicted octanol–water partition coefficient (Wildman–Crippen LogP) is 3.75. The Morgan fingerprint density at radius 3 is 2.43 bits per heavy atom. The van der Waals surface area contributed by atoms with E-state index in [1.165, 1.54) is 6.92 Å². The highest BCUT2D eigenvalue weighted by Crippen LogP contribution is 2.33. The van der Waals surface area contributed by atoms with Crippen molar-refractivity contribution in [3.63, 3.8) is 0 Å². The molecule has 0 aromatic heterocycles. The van der Waals surface area contributed by atoms with Gasteiger partial charge in [-0.15, -0.1) is 0 Å². The summed E-state index contributed by atoms with van der Waals surface area (Å²) in [5, 5.41) is 8.60. The number of carboxylic acids is 1. The van der Waals surface area contributed by atoms with Crippen molar-refractivity contribution >= 4 is 11.9 Å². The number of rotatable bonds is 7. The first-order valence-electron chi connectivity index (χ1n) is 6.91. The van der Waals surface area contributed by atoms with E-state index in [0.717, 1.165) is 6.07 Å². The Bertz CT molecular complexity index is 569. The molecule has 8 heteroatoms. The fraction of sp³-hybridized carbons (Fsp3) is 0.467. The predicted molar refractivity (Wildman–Crippen MR) is 72.3 cm³/mol. The summed E-state index contributed by atoms with van der Waals surface area (Å²) < 4.78 is 56.4. The first-order chi connectivity index (χ1) is 10.7. The number of ether oxygens (including phenoxy) is 1. The molecule has 128 valence electrons. The summed E-state index contributed by atoms with van der Waals surface area (Å²) in [6, 6.07) is 1.89. The summed E-state index contributed by atoms with van der Waals surface area (Å²) in [6.45, 7) is 1.56. The maximum absolute atomic E-state index is 14.0. The number of aliphatic carboxylic acids is 1. The maximum Gasteiger partial charge on any atom is 0.416 e. The highest BCUT2D eigenvalue weighted by atomic mass is 19.4. The molecule has 0 heterocycles. The number of benzene rings is 1. The molecular weight excluding hydrogens is 320 g/mol. The van der Waals surface area contributed by atoms with Crippen LogP contribution in [-0.4, -0.2) is 23.7 Å². The maximum atomic E-state index is 14.0. The van der Waals surface area contributed by atoms with Crippen LogP contribution < -0.4 is 0 Å². The molecule has 1 aromatic carbocycles. The van der Waals surface area contributed by atoms with Crippen molar-refractivity contribution in [3.8, 4) is 0 Å². The summed E-state index contributed by atoms with van der Waals surface area (Å²) in [5.41, 5.74) is -1.39. The molecule has 1 atom stereocenters. The molecule has 1 aromatic rings. The second kappa shape index (κ2) is 7.94. The van der Waals surface area contributed by atoms with Crippen LogP contribution in [0.15, 0.2) is 18.2 Å². The molecular formula is C15H16F4O4. The van der Waals surface area contributed by atoms with E-state index in [1.54, 1.807) is 0 Å². The van der Waals surface area contributed by atoms with Gasteiger partial charge in [0.05, 0.1) is 18.1 Å². The Morgan fingerprint density at radius 2 is 1.96 bits per heavy atom. The number of carbonyl (C=O) groups is 2. The molecule has 0 saturated carbocycles. The third kappa shape index (κ3) is 5.54. The second-order valence-electron chi connectivity index (χ2n) is 4.82. The summed E-state index contributed by atoms with van der Waals surface area (Å²) in [7, 11) is 0. The fourth-order valence-electron chi connectivity index (χ4n) is 2.09. The van der Waals surface area contributed by atoms with Crippen LogP contribution in [0.4, 0.5) is 17.6 Å². The van der Waals surface area contributed by atoms with Crippen molar-refractivity contribution < 1.29 is 37.0 Å². The van der Waals surface area contributed by atoms with E-state index in [0.29, 0.717) is 12.1 Å². The van der Waals surface area contributed by atoms with Crippen molar-refractivity contribution in [3.05, 3.63) is 35.1 Å². The second-order valence-corrected chi connectivity index (χ2v) is 4.82. The van der Waals surface area contributed by atoms with Crippen molar-refractivity contribution in [2.24, 2.45) is 0 Å². The van der Waals surface area contributed by atoms with Crippen LogP contribution in [0, 0.1) is 5.82 Å². The van der Waals surface area contributed by atoms with E-state index >= 15 is 0 Å². The van der Waals surface area contributed by atoms with Crippen molar-refractivity contribution in [2.45, 2.75) is 38.3 Å². The summed E-state index contributed by atoms with van der Waals surface area (Å²) in [4.78, 5) is 22.4. The molecule has 1 N–H and O–H groups in total. The molecule has 0 bridgehead atoms. The van der Waals surface area contributed by atoms with E-state index in [1.807, 2.05) is 0 Å². The molecule has 4 nitrogen and oxygen atoms in total. The lowest BCUT2D eigenvalue weighted by molar-refractivity contribution is -0.145. The highest BCUT2D eigenvalue weighted by molar-refractivity contribution is 5.78. The van der Waals surface area contributed by atoms with Gasteiger partial charge in [0.2, 0.25) is 0 Å². The number of hydrogen-bond donors (Lipinski definition) is 1. The molecule has 0 amide bonds. The highest BCUT2D eigenvalue weighted by Gasteiger charge is 2.33.